The highest BCUT2D eigenvalue weighted by atomic mass is 32.2. The lowest BCUT2D eigenvalue weighted by atomic mass is 9.79. The SMILES string of the molecule is O=c1ccn(CCCS(=O)(=O)N2CCC[C@@H]2C(O)(c2cccc(F)c2)c2cccc(F)c2)c(=O)[nH]1. The molecule has 186 valence electrons. The maximum atomic E-state index is 14.1. The van der Waals surface area contributed by atoms with Crippen LogP contribution in [0.25, 0.3) is 0 Å². The van der Waals surface area contributed by atoms with Gasteiger partial charge in [0.15, 0.2) is 0 Å². The van der Waals surface area contributed by atoms with Crippen LogP contribution in [0.4, 0.5) is 8.78 Å². The van der Waals surface area contributed by atoms with Gasteiger partial charge in [-0.3, -0.25) is 9.78 Å². The molecule has 0 radical (unpaired) electrons. The quantitative estimate of drug-likeness (QED) is 0.486. The molecule has 1 saturated heterocycles. The fourth-order valence-corrected chi connectivity index (χ4v) is 6.43. The van der Waals surface area contributed by atoms with E-state index >= 15 is 0 Å². The van der Waals surface area contributed by atoms with Crippen LogP contribution in [0.15, 0.2) is 70.4 Å². The van der Waals surface area contributed by atoms with Crippen molar-refractivity contribution in [2.45, 2.75) is 37.5 Å². The smallest absolute Gasteiger partial charge is 0.328 e. The molecule has 0 bridgehead atoms. The van der Waals surface area contributed by atoms with Gasteiger partial charge in [0.2, 0.25) is 10.0 Å². The van der Waals surface area contributed by atoms with Crippen LogP contribution in [0.1, 0.15) is 30.4 Å². The molecule has 1 aromatic heterocycles. The topological polar surface area (TPSA) is 112 Å². The van der Waals surface area contributed by atoms with Crippen LogP contribution in [-0.2, 0) is 22.2 Å². The Morgan fingerprint density at radius 2 is 1.66 bits per heavy atom. The number of nitrogens with one attached hydrogen (secondary N) is 1. The van der Waals surface area contributed by atoms with Gasteiger partial charge in [-0.15, -0.1) is 0 Å². The van der Waals surface area contributed by atoms with Crippen LogP contribution in [0, 0.1) is 11.6 Å². The lowest BCUT2D eigenvalue weighted by Crippen LogP contribution is -2.51. The molecule has 0 saturated carbocycles. The van der Waals surface area contributed by atoms with Crippen molar-refractivity contribution < 1.29 is 22.3 Å². The Labute approximate surface area is 200 Å². The first-order chi connectivity index (χ1) is 16.6. The summed E-state index contributed by atoms with van der Waals surface area (Å²) >= 11 is 0. The number of H-pyrrole nitrogens is 1. The molecule has 4 rings (SSSR count). The summed E-state index contributed by atoms with van der Waals surface area (Å²) in [6.45, 7) is 0.198. The lowest BCUT2D eigenvalue weighted by molar-refractivity contribution is 0.0199. The second kappa shape index (κ2) is 9.84. The minimum absolute atomic E-state index is 0.0609. The number of hydrogen-bond acceptors (Lipinski definition) is 5. The Morgan fingerprint density at radius 1 is 1.03 bits per heavy atom. The van der Waals surface area contributed by atoms with Crippen molar-refractivity contribution in [1.82, 2.24) is 13.9 Å². The summed E-state index contributed by atoms with van der Waals surface area (Å²) in [5, 5.41) is 12.0. The zero-order valence-corrected chi connectivity index (χ0v) is 19.5. The average Bonchev–Trinajstić information content (AvgIpc) is 3.32. The molecule has 8 nitrogen and oxygen atoms in total. The van der Waals surface area contributed by atoms with Crippen LogP contribution < -0.4 is 11.2 Å². The van der Waals surface area contributed by atoms with Gasteiger partial charge in [0.25, 0.3) is 5.56 Å². The van der Waals surface area contributed by atoms with E-state index in [4.69, 9.17) is 0 Å². The zero-order valence-electron chi connectivity index (χ0n) is 18.7. The van der Waals surface area contributed by atoms with E-state index < -0.39 is 44.5 Å². The number of aliphatic hydroxyl groups is 1. The predicted octanol–water partition coefficient (Wildman–Crippen LogP) is 1.94. The molecule has 1 atom stereocenters. The largest absolute Gasteiger partial charge is 0.379 e. The number of aryl methyl sites for hydroxylation is 1. The average molecular weight is 506 g/mol. The van der Waals surface area contributed by atoms with Crippen molar-refractivity contribution in [3.05, 3.63) is 104 Å². The van der Waals surface area contributed by atoms with Crippen LogP contribution in [0.2, 0.25) is 0 Å². The Balaban J connectivity index is 1.65. The summed E-state index contributed by atoms with van der Waals surface area (Å²) in [6.07, 6.45) is 2.10. The molecule has 1 fully saturated rings. The Kier molecular flexibility index (Phi) is 7.02. The van der Waals surface area contributed by atoms with E-state index in [1.54, 1.807) is 0 Å². The molecule has 0 amide bonds. The van der Waals surface area contributed by atoms with E-state index in [1.165, 1.54) is 57.5 Å². The molecular formula is C24H25F2N3O5S. The van der Waals surface area contributed by atoms with Gasteiger partial charge in [0.05, 0.1) is 11.8 Å². The van der Waals surface area contributed by atoms with Gasteiger partial charge in [-0.25, -0.2) is 22.0 Å². The normalized spacial score (nSPS) is 17.1. The molecule has 0 spiro atoms. The number of nitrogens with zero attached hydrogens (tertiary/aromatic N) is 2. The summed E-state index contributed by atoms with van der Waals surface area (Å²) in [4.78, 5) is 25.2. The fraction of sp³-hybridized carbons (Fsp3) is 0.333. The summed E-state index contributed by atoms with van der Waals surface area (Å²) < 4.78 is 57.3. The fourth-order valence-electron chi connectivity index (χ4n) is 4.65. The van der Waals surface area contributed by atoms with E-state index in [-0.39, 0.29) is 42.8 Å². The highest BCUT2D eigenvalue weighted by Crippen LogP contribution is 2.42. The molecule has 2 N–H and O–H groups in total. The molecule has 11 heteroatoms. The van der Waals surface area contributed by atoms with Crippen LogP contribution in [0.3, 0.4) is 0 Å². The highest BCUT2D eigenvalue weighted by molar-refractivity contribution is 7.89. The molecule has 1 aliphatic heterocycles. The minimum atomic E-state index is -3.92. The number of halogens is 2. The highest BCUT2D eigenvalue weighted by Gasteiger charge is 2.49. The van der Waals surface area contributed by atoms with Crippen molar-refractivity contribution in [3.8, 4) is 0 Å². The second-order valence-electron chi connectivity index (χ2n) is 8.53. The van der Waals surface area contributed by atoms with Gasteiger partial charge >= 0.3 is 5.69 Å². The first kappa shape index (κ1) is 25.0. The number of aromatic nitrogens is 2. The summed E-state index contributed by atoms with van der Waals surface area (Å²) in [7, 11) is -3.92. The molecule has 0 aliphatic carbocycles. The predicted molar refractivity (Wildman–Crippen MR) is 125 cm³/mol. The Hall–Kier alpha value is -3.15. The first-order valence-corrected chi connectivity index (χ1v) is 12.8. The molecule has 0 unspecified atom stereocenters. The molecule has 2 aromatic carbocycles. The molecular weight excluding hydrogens is 480 g/mol. The Bertz CT molecular complexity index is 1390. The lowest BCUT2D eigenvalue weighted by Gasteiger charge is -2.39. The van der Waals surface area contributed by atoms with Gasteiger partial charge < -0.3 is 9.67 Å². The molecule has 1 aliphatic rings. The maximum absolute atomic E-state index is 14.1. The zero-order chi connectivity index (χ0) is 25.2. The Morgan fingerprint density at radius 3 is 2.23 bits per heavy atom. The molecule has 2 heterocycles. The van der Waals surface area contributed by atoms with Crippen molar-refractivity contribution >= 4 is 10.0 Å². The number of hydrogen-bond donors (Lipinski definition) is 2. The summed E-state index contributed by atoms with van der Waals surface area (Å²) in [5.41, 5.74) is -2.94. The van der Waals surface area contributed by atoms with Crippen LogP contribution >= 0.6 is 0 Å². The monoisotopic (exact) mass is 505 g/mol. The number of rotatable bonds is 8. The number of benzene rings is 2. The van der Waals surface area contributed by atoms with Gasteiger partial charge in [0, 0.05) is 25.4 Å². The first-order valence-electron chi connectivity index (χ1n) is 11.1. The van der Waals surface area contributed by atoms with E-state index in [2.05, 4.69) is 4.98 Å². The van der Waals surface area contributed by atoms with E-state index in [9.17, 15) is 31.9 Å². The number of sulfonamides is 1. The third kappa shape index (κ3) is 5.12. The van der Waals surface area contributed by atoms with E-state index in [0.29, 0.717) is 6.42 Å². The summed E-state index contributed by atoms with van der Waals surface area (Å²) in [5.74, 6) is -1.55. The third-order valence-corrected chi connectivity index (χ3v) is 8.23. The van der Waals surface area contributed by atoms with E-state index in [0.717, 1.165) is 12.1 Å². The van der Waals surface area contributed by atoms with Gasteiger partial charge in [-0.05, 0) is 54.7 Å². The van der Waals surface area contributed by atoms with Crippen molar-refractivity contribution in [2.24, 2.45) is 0 Å². The number of aromatic amines is 1. The van der Waals surface area contributed by atoms with Gasteiger partial charge in [0.1, 0.15) is 17.2 Å². The third-order valence-electron chi connectivity index (χ3n) is 6.27. The minimum Gasteiger partial charge on any atom is -0.379 e. The van der Waals surface area contributed by atoms with Crippen LogP contribution in [-0.4, -0.2) is 45.7 Å². The van der Waals surface area contributed by atoms with Crippen molar-refractivity contribution in [3.63, 3.8) is 0 Å². The van der Waals surface area contributed by atoms with Gasteiger partial charge in [-0.2, -0.15) is 4.31 Å². The molecule has 3 aromatic rings. The van der Waals surface area contributed by atoms with Crippen LogP contribution in [0.5, 0.6) is 0 Å². The van der Waals surface area contributed by atoms with Crippen molar-refractivity contribution in [1.29, 1.82) is 0 Å². The molecule has 35 heavy (non-hydrogen) atoms. The maximum Gasteiger partial charge on any atom is 0.328 e. The van der Waals surface area contributed by atoms with Crippen molar-refractivity contribution in [2.75, 3.05) is 12.3 Å². The summed E-state index contributed by atoms with van der Waals surface area (Å²) in [6, 6.07) is 10.6. The standard InChI is InChI=1S/C24H25F2N3O5S/c25-19-7-1-5-17(15-19)24(32,18-6-2-8-20(26)16-18)21-9-3-12-29(21)35(33,34)14-4-11-28-13-10-22(30)27-23(28)31/h1-2,5-8,10,13,15-16,21,32H,3-4,9,11-12,14H2,(H,27,30,31)/t21-/m1/s1. The van der Waals surface area contributed by atoms with E-state index in [1.807, 2.05) is 0 Å². The second-order valence-corrected chi connectivity index (χ2v) is 10.6. The van der Waals surface area contributed by atoms with Gasteiger partial charge in [-0.1, -0.05) is 24.3 Å².